The first-order chi connectivity index (χ1) is 36.0. The molecule has 4 unspecified atom stereocenters. The van der Waals surface area contributed by atoms with Crippen molar-refractivity contribution in [3.05, 3.63) is 24.3 Å². The van der Waals surface area contributed by atoms with Crippen molar-refractivity contribution in [2.45, 2.75) is 391 Å². The largest absolute Gasteiger partial charge is 0.394 e. The van der Waals surface area contributed by atoms with E-state index in [2.05, 4.69) is 43.5 Å². The topological polar surface area (TPSA) is 110 Å². The molecule has 73 heavy (non-hydrogen) atoms. The van der Waals surface area contributed by atoms with Gasteiger partial charge in [0.2, 0.25) is 5.91 Å². The molecule has 5 N–H and O–H groups in total. The highest BCUT2D eigenvalue weighted by Crippen LogP contribution is 2.19. The van der Waals surface area contributed by atoms with Crippen LogP contribution in [0.4, 0.5) is 0 Å². The van der Waals surface area contributed by atoms with Gasteiger partial charge in [0.1, 0.15) is 12.2 Å². The molecule has 0 spiro atoms. The summed E-state index contributed by atoms with van der Waals surface area (Å²) in [7, 11) is 0. The van der Waals surface area contributed by atoms with E-state index in [0.29, 0.717) is 19.3 Å². The van der Waals surface area contributed by atoms with E-state index in [1.54, 1.807) is 0 Å². The second kappa shape index (κ2) is 61.6. The van der Waals surface area contributed by atoms with Crippen molar-refractivity contribution in [1.29, 1.82) is 0 Å². The van der Waals surface area contributed by atoms with Gasteiger partial charge in [-0.2, -0.15) is 0 Å². The van der Waals surface area contributed by atoms with E-state index in [1.165, 1.54) is 295 Å². The van der Waals surface area contributed by atoms with Crippen LogP contribution in [0.1, 0.15) is 367 Å². The number of rotatable bonds is 62. The SMILES string of the molecule is CCCCCCCCCCCCCCCCCCCC/C=C/CC/C=C/CCCC(O)C(O)C(CO)NC(=O)C(O)CCCCCCCCCCCCCCCCCCCCCCCCCCCCCCCC. The van der Waals surface area contributed by atoms with Gasteiger partial charge in [0.05, 0.1) is 18.8 Å². The number of unbranched alkanes of at least 4 members (excludes halogenated alkanes) is 49. The highest BCUT2D eigenvalue weighted by Gasteiger charge is 2.28. The van der Waals surface area contributed by atoms with Crippen LogP contribution in [0, 0.1) is 0 Å². The second-order valence-electron chi connectivity index (χ2n) is 23.2. The van der Waals surface area contributed by atoms with Gasteiger partial charge in [0, 0.05) is 0 Å². The number of aliphatic hydroxyl groups excluding tert-OH is 4. The van der Waals surface area contributed by atoms with Gasteiger partial charge in [-0.3, -0.25) is 4.79 Å². The third-order valence-corrected chi connectivity index (χ3v) is 15.9. The molecule has 0 saturated carbocycles. The van der Waals surface area contributed by atoms with E-state index in [9.17, 15) is 25.2 Å². The summed E-state index contributed by atoms with van der Waals surface area (Å²) in [6.45, 7) is 4.09. The Hall–Kier alpha value is -1.21. The molecule has 0 aliphatic heterocycles. The predicted molar refractivity (Wildman–Crippen MR) is 321 cm³/mol. The molecule has 0 fully saturated rings. The maximum atomic E-state index is 12.6. The molecule has 1 amide bonds. The number of amides is 1. The molecule has 4 atom stereocenters. The first-order valence-electron chi connectivity index (χ1n) is 33.2. The zero-order valence-electron chi connectivity index (χ0n) is 49.4. The van der Waals surface area contributed by atoms with Crippen LogP contribution < -0.4 is 5.32 Å². The highest BCUT2D eigenvalue weighted by molar-refractivity contribution is 5.80. The lowest BCUT2D eigenvalue weighted by molar-refractivity contribution is -0.132. The number of hydrogen-bond donors (Lipinski definition) is 5. The Kier molecular flexibility index (Phi) is 60.6. The van der Waals surface area contributed by atoms with Crippen LogP contribution in [0.2, 0.25) is 0 Å². The molecule has 6 nitrogen and oxygen atoms in total. The Morgan fingerprint density at radius 1 is 0.329 bits per heavy atom. The molecular formula is C67H131NO5. The lowest BCUT2D eigenvalue weighted by Gasteiger charge is -2.27. The lowest BCUT2D eigenvalue weighted by atomic mass is 10.00. The van der Waals surface area contributed by atoms with Crippen molar-refractivity contribution in [1.82, 2.24) is 5.32 Å². The standard InChI is InChI=1S/C67H131NO5/c1-3-5-7-9-11-13-15-17-19-21-23-25-27-29-31-32-33-35-37-39-41-43-45-47-49-51-53-55-57-59-61-65(71)67(73)68-63(62-69)66(72)64(70)60-58-56-54-52-50-48-46-44-42-40-38-36-34-30-28-26-24-22-20-18-16-14-12-10-8-6-4-2/h44,46,52,54,63-66,69-72H,3-43,45,47-51,53,55-62H2,1-2H3,(H,68,73)/b46-44+,54-52+. The van der Waals surface area contributed by atoms with Crippen LogP contribution in [0.3, 0.4) is 0 Å². The fraction of sp³-hybridized carbons (Fsp3) is 0.925. The molecule has 0 rings (SSSR count). The molecular weight excluding hydrogens is 899 g/mol. The maximum absolute atomic E-state index is 12.6. The molecule has 0 aliphatic carbocycles. The van der Waals surface area contributed by atoms with Gasteiger partial charge in [-0.1, -0.05) is 340 Å². The quantitative estimate of drug-likeness (QED) is 0.0308. The average Bonchev–Trinajstić information content (AvgIpc) is 3.40. The monoisotopic (exact) mass is 1030 g/mol. The third-order valence-electron chi connectivity index (χ3n) is 15.9. The van der Waals surface area contributed by atoms with Crippen LogP contribution >= 0.6 is 0 Å². The number of carbonyl (C=O) groups excluding carboxylic acids is 1. The summed E-state index contributed by atoms with van der Waals surface area (Å²) in [6.07, 6.45) is 77.2. The van der Waals surface area contributed by atoms with E-state index < -0.39 is 36.9 Å². The van der Waals surface area contributed by atoms with Crippen molar-refractivity contribution in [2.75, 3.05) is 6.61 Å². The van der Waals surface area contributed by atoms with Crippen LogP contribution in [0.25, 0.3) is 0 Å². The number of nitrogens with one attached hydrogen (secondary N) is 1. The highest BCUT2D eigenvalue weighted by atomic mass is 16.3. The molecule has 0 aromatic rings. The molecule has 0 bridgehead atoms. The summed E-state index contributed by atoms with van der Waals surface area (Å²) >= 11 is 0. The summed E-state index contributed by atoms with van der Waals surface area (Å²) < 4.78 is 0. The van der Waals surface area contributed by atoms with E-state index in [1.807, 2.05) is 0 Å². The van der Waals surface area contributed by atoms with Gasteiger partial charge in [-0.05, 0) is 51.4 Å². The predicted octanol–water partition coefficient (Wildman–Crippen LogP) is 20.2. The third kappa shape index (κ3) is 55.4. The molecule has 0 aromatic carbocycles. The van der Waals surface area contributed by atoms with Gasteiger partial charge in [-0.15, -0.1) is 0 Å². The van der Waals surface area contributed by atoms with Crippen LogP contribution in [0.5, 0.6) is 0 Å². The van der Waals surface area contributed by atoms with Crippen molar-refractivity contribution < 1.29 is 25.2 Å². The van der Waals surface area contributed by atoms with Crippen molar-refractivity contribution in [2.24, 2.45) is 0 Å². The summed E-state index contributed by atoms with van der Waals surface area (Å²) in [5.74, 6) is -0.590. The molecule has 434 valence electrons. The molecule has 6 heteroatoms. The van der Waals surface area contributed by atoms with E-state index >= 15 is 0 Å². The smallest absolute Gasteiger partial charge is 0.249 e. The number of allylic oxidation sites excluding steroid dienone is 4. The Morgan fingerprint density at radius 3 is 0.863 bits per heavy atom. The minimum Gasteiger partial charge on any atom is -0.394 e. The molecule has 0 heterocycles. The summed E-state index contributed by atoms with van der Waals surface area (Å²) in [5.41, 5.74) is 0. The van der Waals surface area contributed by atoms with E-state index in [4.69, 9.17) is 0 Å². The van der Waals surface area contributed by atoms with Gasteiger partial charge in [0.25, 0.3) is 0 Å². The minimum absolute atomic E-state index is 0.365. The van der Waals surface area contributed by atoms with Crippen LogP contribution in [-0.2, 0) is 4.79 Å². The van der Waals surface area contributed by atoms with Gasteiger partial charge >= 0.3 is 0 Å². The second-order valence-corrected chi connectivity index (χ2v) is 23.2. The van der Waals surface area contributed by atoms with Crippen LogP contribution in [-0.4, -0.2) is 57.3 Å². The average molecular weight is 1030 g/mol. The summed E-state index contributed by atoms with van der Waals surface area (Å²) in [4.78, 5) is 12.6. The van der Waals surface area contributed by atoms with Gasteiger partial charge in [-0.25, -0.2) is 0 Å². The lowest BCUT2D eigenvalue weighted by Crippen LogP contribution is -2.53. The first-order valence-corrected chi connectivity index (χ1v) is 33.2. The van der Waals surface area contributed by atoms with E-state index in [-0.39, 0.29) is 0 Å². The van der Waals surface area contributed by atoms with Gasteiger partial charge in [0.15, 0.2) is 0 Å². The first kappa shape index (κ1) is 71.8. The Bertz CT molecular complexity index is 1110. The van der Waals surface area contributed by atoms with E-state index in [0.717, 1.165) is 38.5 Å². The summed E-state index contributed by atoms with van der Waals surface area (Å²) in [6, 6.07) is -1.01. The van der Waals surface area contributed by atoms with Crippen molar-refractivity contribution >= 4 is 5.91 Å². The molecule has 0 aliphatic rings. The normalized spacial score (nSPS) is 13.7. The Labute approximate surface area is 456 Å². The van der Waals surface area contributed by atoms with Gasteiger partial charge < -0.3 is 25.7 Å². The fourth-order valence-electron chi connectivity index (χ4n) is 10.7. The zero-order valence-corrected chi connectivity index (χ0v) is 49.4. The Balaban J connectivity index is 3.59. The molecule has 0 saturated heterocycles. The number of aliphatic hydroxyl groups is 4. The molecule has 0 aromatic heterocycles. The molecule has 0 radical (unpaired) electrons. The Morgan fingerprint density at radius 2 is 0.575 bits per heavy atom. The minimum atomic E-state index is -1.29. The van der Waals surface area contributed by atoms with Crippen molar-refractivity contribution in [3.63, 3.8) is 0 Å². The number of hydrogen-bond acceptors (Lipinski definition) is 5. The van der Waals surface area contributed by atoms with Crippen molar-refractivity contribution in [3.8, 4) is 0 Å². The number of carbonyl (C=O) groups is 1. The zero-order chi connectivity index (χ0) is 53.0. The summed E-state index contributed by atoms with van der Waals surface area (Å²) in [5, 5.41) is 44.1. The fourth-order valence-corrected chi connectivity index (χ4v) is 10.7. The maximum Gasteiger partial charge on any atom is 0.249 e. The van der Waals surface area contributed by atoms with Crippen LogP contribution in [0.15, 0.2) is 24.3 Å².